The molecule has 0 spiro atoms. The summed E-state index contributed by atoms with van der Waals surface area (Å²) in [6.45, 7) is 3.62. The molecule has 1 aromatic heterocycles. The smallest absolute Gasteiger partial charge is 0.311 e. The zero-order valence-corrected chi connectivity index (χ0v) is 11.6. The minimum atomic E-state index is -0.949. The lowest BCUT2D eigenvalue weighted by Gasteiger charge is -2.26. The molecule has 104 valence electrons. The van der Waals surface area contributed by atoms with Crippen molar-refractivity contribution in [1.82, 2.24) is 15.5 Å². The highest BCUT2D eigenvalue weighted by Crippen LogP contribution is 2.25. The molecule has 0 radical (unpaired) electrons. The monoisotopic (exact) mass is 285 g/mol. The molecule has 2 N–H and O–H groups in total. The summed E-state index contributed by atoms with van der Waals surface area (Å²) >= 11 is 5.57. The van der Waals surface area contributed by atoms with Crippen molar-refractivity contribution in [1.29, 1.82) is 0 Å². The predicted molar refractivity (Wildman–Crippen MR) is 70.0 cm³/mol. The number of carbonyl (C=O) groups is 2. The summed E-state index contributed by atoms with van der Waals surface area (Å²) in [4.78, 5) is 23.1. The zero-order valence-electron chi connectivity index (χ0n) is 10.8. The van der Waals surface area contributed by atoms with Crippen molar-refractivity contribution in [3.63, 3.8) is 0 Å². The lowest BCUT2D eigenvalue weighted by molar-refractivity contribution is -0.149. The van der Waals surface area contributed by atoms with E-state index in [0.29, 0.717) is 12.8 Å². The number of aromatic nitrogens is 2. The van der Waals surface area contributed by atoms with Gasteiger partial charge in [0, 0.05) is 6.54 Å². The van der Waals surface area contributed by atoms with Crippen molar-refractivity contribution in [3.8, 4) is 0 Å². The van der Waals surface area contributed by atoms with Crippen LogP contribution < -0.4 is 5.32 Å². The SMILES string of the molecule is CCC(CC)(CNC(=O)c1ccc(Cl)nn1)C(=O)O. The minimum Gasteiger partial charge on any atom is -0.481 e. The molecule has 0 atom stereocenters. The van der Waals surface area contributed by atoms with Gasteiger partial charge in [-0.05, 0) is 25.0 Å². The molecule has 1 amide bonds. The molecule has 0 aromatic carbocycles. The molecule has 1 aromatic rings. The van der Waals surface area contributed by atoms with E-state index in [0.717, 1.165) is 0 Å². The average molecular weight is 286 g/mol. The number of rotatable bonds is 6. The van der Waals surface area contributed by atoms with E-state index >= 15 is 0 Å². The van der Waals surface area contributed by atoms with Crippen LogP contribution in [0, 0.1) is 5.41 Å². The second-order valence-electron chi connectivity index (χ2n) is 4.22. The molecule has 1 rings (SSSR count). The van der Waals surface area contributed by atoms with Gasteiger partial charge in [-0.1, -0.05) is 25.4 Å². The normalized spacial score (nSPS) is 11.1. The highest BCUT2D eigenvalue weighted by atomic mass is 35.5. The van der Waals surface area contributed by atoms with Crippen LogP contribution in [0.2, 0.25) is 5.15 Å². The molecule has 6 nitrogen and oxygen atoms in total. The predicted octanol–water partition coefficient (Wildman–Crippen LogP) is 1.75. The third-order valence-electron chi connectivity index (χ3n) is 3.26. The van der Waals surface area contributed by atoms with E-state index < -0.39 is 17.3 Å². The van der Waals surface area contributed by atoms with Crippen LogP contribution in [0.4, 0.5) is 0 Å². The molecule has 0 fully saturated rings. The topological polar surface area (TPSA) is 92.2 Å². The Morgan fingerprint density at radius 2 is 1.95 bits per heavy atom. The van der Waals surface area contributed by atoms with Crippen molar-refractivity contribution in [2.24, 2.45) is 5.41 Å². The molecule has 0 bridgehead atoms. The number of carbonyl (C=O) groups excluding carboxylic acids is 1. The van der Waals surface area contributed by atoms with Gasteiger partial charge in [0.25, 0.3) is 5.91 Å². The first-order valence-corrected chi connectivity index (χ1v) is 6.34. The number of carboxylic acids is 1. The van der Waals surface area contributed by atoms with Gasteiger partial charge in [0.05, 0.1) is 5.41 Å². The zero-order chi connectivity index (χ0) is 14.5. The Bertz CT molecular complexity index is 458. The van der Waals surface area contributed by atoms with Crippen molar-refractivity contribution in [2.75, 3.05) is 6.54 Å². The first-order chi connectivity index (χ1) is 8.95. The van der Waals surface area contributed by atoms with Gasteiger partial charge in [-0.15, -0.1) is 10.2 Å². The maximum Gasteiger partial charge on any atom is 0.311 e. The Labute approximate surface area is 116 Å². The van der Waals surface area contributed by atoms with Crippen LogP contribution in [0.15, 0.2) is 12.1 Å². The molecule has 0 aliphatic heterocycles. The molecule has 0 saturated heterocycles. The summed E-state index contributed by atoms with van der Waals surface area (Å²) in [6, 6.07) is 2.89. The number of nitrogens with one attached hydrogen (secondary N) is 1. The second kappa shape index (κ2) is 6.47. The molecule has 1 heterocycles. The van der Waals surface area contributed by atoms with Crippen LogP contribution >= 0.6 is 11.6 Å². The summed E-state index contributed by atoms with van der Waals surface area (Å²) in [5.41, 5.74) is -0.842. The van der Waals surface area contributed by atoms with Gasteiger partial charge in [-0.25, -0.2) is 0 Å². The van der Waals surface area contributed by atoms with Crippen molar-refractivity contribution < 1.29 is 14.7 Å². The first kappa shape index (κ1) is 15.4. The number of aliphatic carboxylic acids is 1. The summed E-state index contributed by atoms with van der Waals surface area (Å²) in [7, 11) is 0. The lowest BCUT2D eigenvalue weighted by atomic mass is 9.82. The molecular formula is C12H16ClN3O3. The summed E-state index contributed by atoms with van der Waals surface area (Å²) in [5.74, 6) is -1.38. The fraction of sp³-hybridized carbons (Fsp3) is 0.500. The van der Waals surface area contributed by atoms with E-state index in [-0.39, 0.29) is 17.4 Å². The number of hydrogen-bond acceptors (Lipinski definition) is 4. The largest absolute Gasteiger partial charge is 0.481 e. The Morgan fingerprint density at radius 3 is 2.37 bits per heavy atom. The first-order valence-electron chi connectivity index (χ1n) is 5.96. The van der Waals surface area contributed by atoms with E-state index in [4.69, 9.17) is 11.6 Å². The van der Waals surface area contributed by atoms with Gasteiger partial charge in [-0.2, -0.15) is 0 Å². The van der Waals surface area contributed by atoms with E-state index in [1.54, 1.807) is 13.8 Å². The summed E-state index contributed by atoms with van der Waals surface area (Å²) in [5, 5.41) is 19.2. The van der Waals surface area contributed by atoms with Crippen LogP contribution in [0.5, 0.6) is 0 Å². The second-order valence-corrected chi connectivity index (χ2v) is 4.60. The van der Waals surface area contributed by atoms with E-state index in [1.165, 1.54) is 12.1 Å². The Hall–Kier alpha value is -1.69. The number of halogens is 1. The van der Waals surface area contributed by atoms with Crippen LogP contribution in [-0.2, 0) is 4.79 Å². The third-order valence-corrected chi connectivity index (χ3v) is 3.46. The number of carboxylic acid groups (broad SMARTS) is 1. The highest BCUT2D eigenvalue weighted by molar-refractivity contribution is 6.29. The maximum absolute atomic E-state index is 11.8. The van der Waals surface area contributed by atoms with Gasteiger partial charge in [-0.3, -0.25) is 9.59 Å². The molecule has 0 saturated carbocycles. The molecule has 19 heavy (non-hydrogen) atoms. The Balaban J connectivity index is 2.72. The number of nitrogens with zero attached hydrogens (tertiary/aromatic N) is 2. The quantitative estimate of drug-likeness (QED) is 0.831. The Morgan fingerprint density at radius 1 is 1.32 bits per heavy atom. The van der Waals surface area contributed by atoms with Gasteiger partial charge >= 0.3 is 5.97 Å². The maximum atomic E-state index is 11.8. The van der Waals surface area contributed by atoms with Crippen molar-refractivity contribution in [2.45, 2.75) is 26.7 Å². The van der Waals surface area contributed by atoms with Crippen molar-refractivity contribution in [3.05, 3.63) is 23.0 Å². The number of amides is 1. The average Bonchev–Trinajstić information content (AvgIpc) is 2.40. The minimum absolute atomic E-state index is 0.0540. The highest BCUT2D eigenvalue weighted by Gasteiger charge is 2.35. The van der Waals surface area contributed by atoms with Gasteiger partial charge in [0.2, 0.25) is 0 Å². The third kappa shape index (κ3) is 3.64. The van der Waals surface area contributed by atoms with Crippen LogP contribution in [-0.4, -0.2) is 33.7 Å². The van der Waals surface area contributed by atoms with E-state index in [1.807, 2.05) is 0 Å². The molecule has 7 heteroatoms. The summed E-state index contributed by atoms with van der Waals surface area (Å²) < 4.78 is 0. The fourth-order valence-corrected chi connectivity index (χ4v) is 1.76. The standard InChI is InChI=1S/C12H16ClN3O3/c1-3-12(4-2,11(18)19)7-14-10(17)8-5-6-9(13)16-15-8/h5-6H,3-4,7H2,1-2H3,(H,14,17)(H,18,19). The molecule has 0 aliphatic rings. The van der Waals surface area contributed by atoms with Crippen molar-refractivity contribution >= 4 is 23.5 Å². The molecule has 0 aliphatic carbocycles. The van der Waals surface area contributed by atoms with Crippen LogP contribution in [0.1, 0.15) is 37.2 Å². The van der Waals surface area contributed by atoms with Gasteiger partial charge < -0.3 is 10.4 Å². The lowest BCUT2D eigenvalue weighted by Crippen LogP contribution is -2.42. The van der Waals surface area contributed by atoms with Gasteiger partial charge in [0.1, 0.15) is 0 Å². The fourth-order valence-electron chi connectivity index (χ4n) is 1.66. The Kier molecular flexibility index (Phi) is 5.23. The van der Waals surface area contributed by atoms with E-state index in [2.05, 4.69) is 15.5 Å². The van der Waals surface area contributed by atoms with Crippen LogP contribution in [0.25, 0.3) is 0 Å². The van der Waals surface area contributed by atoms with Gasteiger partial charge in [0.15, 0.2) is 10.8 Å². The molecule has 0 unspecified atom stereocenters. The summed E-state index contributed by atoms with van der Waals surface area (Å²) in [6.07, 6.45) is 0.872. The molecular weight excluding hydrogens is 270 g/mol. The van der Waals surface area contributed by atoms with Crippen LogP contribution in [0.3, 0.4) is 0 Å². The van der Waals surface area contributed by atoms with E-state index in [9.17, 15) is 14.7 Å². The number of hydrogen-bond donors (Lipinski definition) is 2.